The minimum absolute atomic E-state index is 0. The van der Waals surface area contributed by atoms with Crippen LogP contribution in [0, 0.1) is 0 Å². The van der Waals surface area contributed by atoms with E-state index < -0.39 is 0 Å². The van der Waals surface area contributed by atoms with Crippen molar-refractivity contribution in [3.8, 4) is 5.75 Å². The third-order valence-corrected chi connectivity index (χ3v) is 3.26. The van der Waals surface area contributed by atoms with Gasteiger partial charge in [-0.05, 0) is 24.3 Å². The maximum absolute atomic E-state index is 12.3. The van der Waals surface area contributed by atoms with Gasteiger partial charge in [0.25, 0.3) is 0 Å². The van der Waals surface area contributed by atoms with Crippen molar-refractivity contribution < 1.29 is 14.3 Å². The molecule has 0 fully saturated rings. The molecule has 0 radical (unpaired) electrons. The van der Waals surface area contributed by atoms with Crippen LogP contribution in [0.5, 0.6) is 5.75 Å². The lowest BCUT2D eigenvalue weighted by Gasteiger charge is -2.09. The number of ether oxygens (including phenoxy) is 1. The second-order valence-electron chi connectivity index (χ2n) is 5.58. The SMILES string of the molecule is CC(C)NCC(=O)COc1ccc(C(=O)c2ccccc2)cc1.Cl. The molecule has 5 heteroatoms. The summed E-state index contributed by atoms with van der Waals surface area (Å²) in [7, 11) is 0. The van der Waals surface area contributed by atoms with E-state index in [0.29, 0.717) is 23.4 Å². The normalized spacial score (nSPS) is 10.1. The van der Waals surface area contributed by atoms with Gasteiger partial charge in [-0.1, -0.05) is 44.2 Å². The van der Waals surface area contributed by atoms with Crippen LogP contribution in [0.4, 0.5) is 0 Å². The van der Waals surface area contributed by atoms with Crippen LogP contribution in [0.1, 0.15) is 29.8 Å². The highest BCUT2D eigenvalue weighted by atomic mass is 35.5. The smallest absolute Gasteiger partial charge is 0.193 e. The number of halogens is 1. The average molecular weight is 348 g/mol. The molecule has 0 atom stereocenters. The van der Waals surface area contributed by atoms with Crippen molar-refractivity contribution in [3.05, 3.63) is 65.7 Å². The number of carbonyl (C=O) groups excluding carboxylic acids is 2. The molecule has 24 heavy (non-hydrogen) atoms. The van der Waals surface area contributed by atoms with E-state index in [0.717, 1.165) is 0 Å². The first kappa shape index (κ1) is 19.9. The molecular weight excluding hydrogens is 326 g/mol. The van der Waals surface area contributed by atoms with Gasteiger partial charge in [-0.3, -0.25) is 9.59 Å². The number of carbonyl (C=O) groups is 2. The van der Waals surface area contributed by atoms with Crippen LogP contribution in [0.2, 0.25) is 0 Å². The van der Waals surface area contributed by atoms with E-state index in [1.807, 2.05) is 32.0 Å². The third kappa shape index (κ3) is 6.14. The Kier molecular flexibility index (Phi) is 8.16. The highest BCUT2D eigenvalue weighted by Gasteiger charge is 2.09. The number of benzene rings is 2. The fourth-order valence-electron chi connectivity index (χ4n) is 1.99. The second-order valence-corrected chi connectivity index (χ2v) is 5.58. The van der Waals surface area contributed by atoms with Crippen molar-refractivity contribution >= 4 is 24.0 Å². The number of hydrogen-bond donors (Lipinski definition) is 1. The summed E-state index contributed by atoms with van der Waals surface area (Å²) in [6.07, 6.45) is 0. The summed E-state index contributed by atoms with van der Waals surface area (Å²) in [6.45, 7) is 4.28. The molecule has 128 valence electrons. The standard InChI is InChI=1S/C19H21NO3.ClH/c1-14(2)20-12-17(21)13-23-18-10-8-16(9-11-18)19(22)15-6-4-3-5-7-15;/h3-11,14,20H,12-13H2,1-2H3;1H. The zero-order valence-electron chi connectivity index (χ0n) is 13.8. The fourth-order valence-corrected chi connectivity index (χ4v) is 1.99. The van der Waals surface area contributed by atoms with Gasteiger partial charge < -0.3 is 10.1 Å². The van der Waals surface area contributed by atoms with Crippen molar-refractivity contribution in [2.24, 2.45) is 0 Å². The molecule has 0 aliphatic rings. The number of ketones is 2. The van der Waals surface area contributed by atoms with Gasteiger partial charge in [0.1, 0.15) is 12.4 Å². The minimum Gasteiger partial charge on any atom is -0.486 e. The first-order chi connectivity index (χ1) is 11.1. The largest absolute Gasteiger partial charge is 0.486 e. The molecule has 0 spiro atoms. The van der Waals surface area contributed by atoms with E-state index in [-0.39, 0.29) is 36.6 Å². The van der Waals surface area contributed by atoms with E-state index in [1.165, 1.54) is 0 Å². The number of rotatable bonds is 8. The van der Waals surface area contributed by atoms with E-state index in [4.69, 9.17) is 4.74 Å². The monoisotopic (exact) mass is 347 g/mol. The van der Waals surface area contributed by atoms with Gasteiger partial charge in [0.05, 0.1) is 6.54 Å². The van der Waals surface area contributed by atoms with Crippen LogP contribution < -0.4 is 10.1 Å². The molecule has 0 amide bonds. The van der Waals surface area contributed by atoms with Gasteiger partial charge in [0.15, 0.2) is 11.6 Å². The summed E-state index contributed by atoms with van der Waals surface area (Å²) in [6, 6.07) is 16.2. The summed E-state index contributed by atoms with van der Waals surface area (Å²) in [5, 5.41) is 3.05. The summed E-state index contributed by atoms with van der Waals surface area (Å²) >= 11 is 0. The Morgan fingerprint density at radius 1 is 0.958 bits per heavy atom. The molecule has 0 aliphatic heterocycles. The van der Waals surface area contributed by atoms with Gasteiger partial charge in [0, 0.05) is 17.2 Å². The zero-order valence-corrected chi connectivity index (χ0v) is 14.6. The third-order valence-electron chi connectivity index (χ3n) is 3.26. The molecule has 1 N–H and O–H groups in total. The van der Waals surface area contributed by atoms with Crippen LogP contribution in [-0.2, 0) is 4.79 Å². The highest BCUT2D eigenvalue weighted by Crippen LogP contribution is 2.15. The Hall–Kier alpha value is -2.17. The summed E-state index contributed by atoms with van der Waals surface area (Å²) in [4.78, 5) is 23.9. The molecule has 0 heterocycles. The van der Waals surface area contributed by atoms with Gasteiger partial charge >= 0.3 is 0 Å². The summed E-state index contributed by atoms with van der Waals surface area (Å²) in [5.74, 6) is 0.532. The lowest BCUT2D eigenvalue weighted by Crippen LogP contribution is -2.31. The molecular formula is C19H22ClNO3. The lowest BCUT2D eigenvalue weighted by atomic mass is 10.0. The van der Waals surface area contributed by atoms with E-state index in [2.05, 4.69) is 5.32 Å². The Morgan fingerprint density at radius 3 is 2.12 bits per heavy atom. The van der Waals surface area contributed by atoms with Crippen LogP contribution in [-0.4, -0.2) is 30.8 Å². The quantitative estimate of drug-likeness (QED) is 0.744. The molecule has 0 saturated heterocycles. The lowest BCUT2D eigenvalue weighted by molar-refractivity contribution is -0.120. The predicted octanol–water partition coefficient (Wildman–Crippen LogP) is 3.29. The first-order valence-electron chi connectivity index (χ1n) is 7.64. The number of nitrogens with one attached hydrogen (secondary N) is 1. The van der Waals surface area contributed by atoms with Crippen molar-refractivity contribution in [2.45, 2.75) is 19.9 Å². The molecule has 2 rings (SSSR count). The zero-order chi connectivity index (χ0) is 16.7. The summed E-state index contributed by atoms with van der Waals surface area (Å²) < 4.78 is 5.44. The van der Waals surface area contributed by atoms with Gasteiger partial charge in [-0.25, -0.2) is 0 Å². The van der Waals surface area contributed by atoms with Crippen molar-refractivity contribution in [1.82, 2.24) is 5.32 Å². The number of hydrogen-bond acceptors (Lipinski definition) is 4. The second kappa shape index (κ2) is 9.85. The molecule has 0 aromatic heterocycles. The Morgan fingerprint density at radius 2 is 1.54 bits per heavy atom. The molecule has 0 saturated carbocycles. The van der Waals surface area contributed by atoms with Gasteiger partial charge in [-0.15, -0.1) is 12.4 Å². The topological polar surface area (TPSA) is 55.4 Å². The first-order valence-corrected chi connectivity index (χ1v) is 7.64. The minimum atomic E-state index is -0.0330. The maximum atomic E-state index is 12.3. The molecule has 2 aromatic carbocycles. The Labute approximate surface area is 148 Å². The van der Waals surface area contributed by atoms with Crippen LogP contribution in [0.3, 0.4) is 0 Å². The Balaban J connectivity index is 0.00000288. The van der Waals surface area contributed by atoms with E-state index in [9.17, 15) is 9.59 Å². The molecule has 2 aromatic rings. The highest BCUT2D eigenvalue weighted by molar-refractivity contribution is 6.08. The molecule has 0 aliphatic carbocycles. The van der Waals surface area contributed by atoms with E-state index in [1.54, 1.807) is 36.4 Å². The molecule has 0 unspecified atom stereocenters. The average Bonchev–Trinajstić information content (AvgIpc) is 2.58. The molecule has 4 nitrogen and oxygen atoms in total. The van der Waals surface area contributed by atoms with Crippen molar-refractivity contribution in [1.29, 1.82) is 0 Å². The predicted molar refractivity (Wildman–Crippen MR) is 97.2 cm³/mol. The number of Topliss-reactive ketones (excluding diaryl/α,β-unsaturated/α-hetero) is 1. The maximum Gasteiger partial charge on any atom is 0.193 e. The van der Waals surface area contributed by atoms with Gasteiger partial charge in [-0.2, -0.15) is 0 Å². The van der Waals surface area contributed by atoms with Crippen LogP contribution in [0.25, 0.3) is 0 Å². The van der Waals surface area contributed by atoms with Crippen molar-refractivity contribution in [2.75, 3.05) is 13.2 Å². The van der Waals surface area contributed by atoms with Crippen molar-refractivity contribution in [3.63, 3.8) is 0 Å². The van der Waals surface area contributed by atoms with Gasteiger partial charge in [0.2, 0.25) is 0 Å². The van der Waals surface area contributed by atoms with Crippen LogP contribution in [0.15, 0.2) is 54.6 Å². The Bertz CT molecular complexity index is 654. The summed E-state index contributed by atoms with van der Waals surface area (Å²) in [5.41, 5.74) is 1.24. The molecule has 0 bridgehead atoms. The van der Waals surface area contributed by atoms with Crippen LogP contribution >= 0.6 is 12.4 Å². The fraction of sp³-hybridized carbons (Fsp3) is 0.263. The van der Waals surface area contributed by atoms with E-state index >= 15 is 0 Å².